The number of benzene rings is 1. The van der Waals surface area contributed by atoms with Gasteiger partial charge in [-0.15, -0.1) is 0 Å². The number of fused-ring (bicyclic) bond motifs is 1. The fourth-order valence-corrected chi connectivity index (χ4v) is 3.27. The van der Waals surface area contributed by atoms with Gasteiger partial charge in [0.1, 0.15) is 5.75 Å². The fraction of sp³-hybridized carbons (Fsp3) is 0.227. The van der Waals surface area contributed by atoms with E-state index in [9.17, 15) is 14.4 Å². The smallest absolute Gasteiger partial charge is 0.375 e. The lowest BCUT2D eigenvalue weighted by Gasteiger charge is -2.08. The first-order valence-corrected chi connectivity index (χ1v) is 8.95. The fourth-order valence-electron chi connectivity index (χ4n) is 3.27. The molecule has 0 aliphatic carbocycles. The maximum Gasteiger partial charge on any atom is 0.375 e. The molecule has 144 valence electrons. The number of Topliss-reactive ketones (excluding diaryl/α,β-unsaturated/α-hetero) is 2. The van der Waals surface area contributed by atoms with Crippen LogP contribution in [0.25, 0.3) is 16.6 Å². The average Bonchev–Trinajstić information content (AvgIpc) is 3.01. The Morgan fingerprint density at radius 3 is 2.39 bits per heavy atom. The molecule has 3 rings (SSSR count). The van der Waals surface area contributed by atoms with Gasteiger partial charge in [-0.05, 0) is 49.2 Å². The summed E-state index contributed by atoms with van der Waals surface area (Å²) in [6.45, 7) is 3.63. The third-order valence-electron chi connectivity index (χ3n) is 4.56. The summed E-state index contributed by atoms with van der Waals surface area (Å²) < 4.78 is 11.7. The van der Waals surface area contributed by atoms with Crippen molar-refractivity contribution in [3.8, 4) is 16.9 Å². The number of carbonyl (C=O) groups is 3. The molecule has 0 amide bonds. The number of methoxy groups -OCH3 is 1. The van der Waals surface area contributed by atoms with Crippen molar-refractivity contribution in [3.05, 3.63) is 59.9 Å². The van der Waals surface area contributed by atoms with Crippen molar-refractivity contribution in [2.45, 2.75) is 20.3 Å². The van der Waals surface area contributed by atoms with Crippen LogP contribution in [0, 0.1) is 6.92 Å². The molecular formula is C22H21NO5. The molecule has 0 N–H and O–H groups in total. The summed E-state index contributed by atoms with van der Waals surface area (Å²) in [6.07, 6.45) is 1.24. The molecule has 6 nitrogen and oxygen atoms in total. The summed E-state index contributed by atoms with van der Waals surface area (Å²) in [6, 6.07) is 13.0. The number of nitrogens with zero attached hydrogens (tertiary/aromatic N) is 1. The minimum atomic E-state index is -0.987. The van der Waals surface area contributed by atoms with Crippen LogP contribution in [0.3, 0.4) is 0 Å². The van der Waals surface area contributed by atoms with Crippen LogP contribution in [0.4, 0.5) is 0 Å². The van der Waals surface area contributed by atoms with E-state index in [0.29, 0.717) is 11.4 Å². The van der Waals surface area contributed by atoms with E-state index in [1.807, 2.05) is 49.4 Å². The van der Waals surface area contributed by atoms with Gasteiger partial charge in [0.15, 0.2) is 5.78 Å². The van der Waals surface area contributed by atoms with Crippen molar-refractivity contribution in [3.63, 3.8) is 0 Å². The van der Waals surface area contributed by atoms with Gasteiger partial charge in [-0.3, -0.25) is 9.59 Å². The third kappa shape index (κ3) is 3.53. The van der Waals surface area contributed by atoms with E-state index in [4.69, 9.17) is 9.47 Å². The molecule has 0 aliphatic rings. The summed E-state index contributed by atoms with van der Waals surface area (Å²) in [4.78, 5) is 36.8. The second-order valence-corrected chi connectivity index (χ2v) is 6.28. The molecule has 0 atom stereocenters. The Morgan fingerprint density at radius 1 is 1.04 bits per heavy atom. The number of aryl methyl sites for hydroxylation is 1. The number of esters is 1. The van der Waals surface area contributed by atoms with Gasteiger partial charge in [-0.1, -0.05) is 18.2 Å². The van der Waals surface area contributed by atoms with E-state index in [0.717, 1.165) is 22.2 Å². The second kappa shape index (κ2) is 8.08. The SMILES string of the molecule is CCOC(=O)C(=O)CC(=O)c1c(-c2ccc(OC)cc2)c(C)c2ccccn12. The number of aromatic nitrogens is 1. The van der Waals surface area contributed by atoms with Crippen LogP contribution in [-0.2, 0) is 14.3 Å². The first-order chi connectivity index (χ1) is 13.5. The van der Waals surface area contributed by atoms with Crippen molar-refractivity contribution in [2.24, 2.45) is 0 Å². The van der Waals surface area contributed by atoms with Crippen molar-refractivity contribution < 1.29 is 23.9 Å². The summed E-state index contributed by atoms with van der Waals surface area (Å²) in [5.74, 6) is -1.57. The highest BCUT2D eigenvalue weighted by atomic mass is 16.5. The van der Waals surface area contributed by atoms with Gasteiger partial charge in [-0.2, -0.15) is 0 Å². The highest BCUT2D eigenvalue weighted by Crippen LogP contribution is 2.34. The molecule has 2 aromatic heterocycles. The molecule has 0 saturated carbocycles. The number of ether oxygens (including phenoxy) is 2. The Balaban J connectivity index is 2.11. The monoisotopic (exact) mass is 379 g/mol. The Bertz CT molecular complexity index is 1050. The topological polar surface area (TPSA) is 74.1 Å². The van der Waals surface area contributed by atoms with Gasteiger partial charge in [0, 0.05) is 17.3 Å². The molecule has 1 aromatic carbocycles. The standard InChI is InChI=1S/C22H21NO5/c1-4-28-22(26)19(25)13-18(24)21-20(15-8-10-16(27-3)11-9-15)14(2)17-7-5-6-12-23(17)21/h5-12H,4,13H2,1-3H3. The molecule has 0 saturated heterocycles. The van der Waals surface area contributed by atoms with Gasteiger partial charge in [0.2, 0.25) is 5.78 Å². The zero-order chi connectivity index (χ0) is 20.3. The van der Waals surface area contributed by atoms with Crippen LogP contribution in [0.2, 0.25) is 0 Å². The number of carbonyl (C=O) groups excluding carboxylic acids is 3. The zero-order valence-electron chi connectivity index (χ0n) is 16.0. The Labute approximate surface area is 162 Å². The van der Waals surface area contributed by atoms with Crippen molar-refractivity contribution >= 4 is 23.1 Å². The minimum Gasteiger partial charge on any atom is -0.497 e. The Kier molecular flexibility index (Phi) is 5.59. The van der Waals surface area contributed by atoms with Gasteiger partial charge in [0.25, 0.3) is 0 Å². The van der Waals surface area contributed by atoms with Gasteiger partial charge in [-0.25, -0.2) is 4.79 Å². The van der Waals surface area contributed by atoms with Gasteiger partial charge >= 0.3 is 5.97 Å². The number of ketones is 2. The maximum absolute atomic E-state index is 13.0. The molecule has 0 radical (unpaired) electrons. The second-order valence-electron chi connectivity index (χ2n) is 6.28. The van der Waals surface area contributed by atoms with Crippen molar-refractivity contribution in [1.29, 1.82) is 0 Å². The predicted molar refractivity (Wildman–Crippen MR) is 105 cm³/mol. The molecule has 0 unspecified atom stereocenters. The normalized spacial score (nSPS) is 10.7. The largest absolute Gasteiger partial charge is 0.497 e. The van der Waals surface area contributed by atoms with Crippen molar-refractivity contribution in [2.75, 3.05) is 13.7 Å². The Hall–Kier alpha value is -3.41. The van der Waals surface area contributed by atoms with Crippen LogP contribution in [0.5, 0.6) is 5.75 Å². The molecule has 3 aromatic rings. The molecule has 28 heavy (non-hydrogen) atoms. The molecule has 6 heteroatoms. The summed E-state index contributed by atoms with van der Waals surface area (Å²) in [5.41, 5.74) is 3.71. The van der Waals surface area contributed by atoms with E-state index >= 15 is 0 Å². The van der Waals surface area contributed by atoms with E-state index in [1.54, 1.807) is 24.6 Å². The lowest BCUT2D eigenvalue weighted by Crippen LogP contribution is -2.21. The van der Waals surface area contributed by atoms with E-state index in [-0.39, 0.29) is 6.61 Å². The van der Waals surface area contributed by atoms with Crippen LogP contribution in [0.1, 0.15) is 29.4 Å². The molecule has 0 fully saturated rings. The molecular weight excluding hydrogens is 358 g/mol. The molecule has 2 heterocycles. The first kappa shape index (κ1) is 19.4. The van der Waals surface area contributed by atoms with Crippen molar-refractivity contribution in [1.82, 2.24) is 4.40 Å². The van der Waals surface area contributed by atoms with E-state index < -0.39 is 24.0 Å². The van der Waals surface area contributed by atoms with Crippen LogP contribution in [-0.4, -0.2) is 35.7 Å². The number of rotatable bonds is 7. The number of hydrogen-bond donors (Lipinski definition) is 0. The van der Waals surface area contributed by atoms with Gasteiger partial charge < -0.3 is 13.9 Å². The number of pyridine rings is 1. The average molecular weight is 379 g/mol. The Morgan fingerprint density at radius 2 is 1.75 bits per heavy atom. The third-order valence-corrected chi connectivity index (χ3v) is 4.56. The highest BCUT2D eigenvalue weighted by Gasteiger charge is 2.26. The van der Waals surface area contributed by atoms with Crippen LogP contribution >= 0.6 is 0 Å². The maximum atomic E-state index is 13.0. The van der Waals surface area contributed by atoms with E-state index in [1.165, 1.54) is 0 Å². The van der Waals surface area contributed by atoms with E-state index in [2.05, 4.69) is 0 Å². The molecule has 0 aliphatic heterocycles. The summed E-state index contributed by atoms with van der Waals surface area (Å²) in [7, 11) is 1.59. The lowest BCUT2D eigenvalue weighted by atomic mass is 9.98. The first-order valence-electron chi connectivity index (χ1n) is 8.95. The highest BCUT2D eigenvalue weighted by molar-refractivity contribution is 6.38. The quantitative estimate of drug-likeness (QED) is 0.271. The molecule has 0 spiro atoms. The predicted octanol–water partition coefficient (Wildman–Crippen LogP) is 3.63. The van der Waals surface area contributed by atoms with Crippen LogP contribution in [0.15, 0.2) is 48.7 Å². The summed E-state index contributed by atoms with van der Waals surface area (Å²) in [5, 5.41) is 0. The summed E-state index contributed by atoms with van der Waals surface area (Å²) >= 11 is 0. The minimum absolute atomic E-state index is 0.0863. The lowest BCUT2D eigenvalue weighted by molar-refractivity contribution is -0.153. The number of hydrogen-bond acceptors (Lipinski definition) is 5. The zero-order valence-corrected chi connectivity index (χ0v) is 16.0. The van der Waals surface area contributed by atoms with Gasteiger partial charge in [0.05, 0.1) is 25.8 Å². The van der Waals surface area contributed by atoms with Crippen LogP contribution < -0.4 is 4.74 Å². The molecule has 0 bridgehead atoms.